The highest BCUT2D eigenvalue weighted by Gasteiger charge is 2.26. The van der Waals surface area contributed by atoms with Gasteiger partial charge in [-0.25, -0.2) is 9.97 Å². The average Bonchev–Trinajstić information content (AvgIpc) is 2.63. The normalized spacial score (nSPS) is 19.8. The van der Waals surface area contributed by atoms with E-state index in [4.69, 9.17) is 16.1 Å². The number of rotatable bonds is 5. The highest BCUT2D eigenvalue weighted by atomic mass is 16.5. The second-order valence-electron chi connectivity index (χ2n) is 6.38. The standard InChI is InChI=1S/C19H23N5O2/c1-4-9-20-17(25)10-21-18-19(24-11-13(2)26-14(3)12-24)23-16-8-6-5-7-15(16)22-18/h1,5-8,13-14H,9-12H2,2-3H3,(H,20,25)(H,21,22). The number of fused-ring (bicyclic) bond motifs is 1. The predicted molar refractivity (Wildman–Crippen MR) is 102 cm³/mol. The number of morpholine rings is 1. The van der Waals surface area contributed by atoms with E-state index in [2.05, 4.69) is 26.4 Å². The maximum atomic E-state index is 11.9. The lowest BCUT2D eigenvalue weighted by molar-refractivity contribution is -0.119. The molecule has 0 bridgehead atoms. The van der Waals surface area contributed by atoms with Crippen LogP contribution in [0.25, 0.3) is 11.0 Å². The number of ether oxygens (including phenoxy) is 1. The quantitative estimate of drug-likeness (QED) is 0.791. The molecule has 1 aliphatic heterocycles. The predicted octanol–water partition coefficient (Wildman–Crippen LogP) is 1.40. The molecule has 0 saturated carbocycles. The molecule has 1 aromatic heterocycles. The van der Waals surface area contributed by atoms with E-state index < -0.39 is 0 Å². The third-order valence-corrected chi connectivity index (χ3v) is 4.08. The van der Waals surface area contributed by atoms with Crippen molar-refractivity contribution in [3.05, 3.63) is 24.3 Å². The molecule has 7 nitrogen and oxygen atoms in total. The van der Waals surface area contributed by atoms with Crippen molar-refractivity contribution in [1.29, 1.82) is 0 Å². The van der Waals surface area contributed by atoms with Gasteiger partial charge in [0, 0.05) is 13.1 Å². The molecule has 2 heterocycles. The first-order valence-electron chi connectivity index (χ1n) is 8.68. The largest absolute Gasteiger partial charge is 0.372 e. The average molecular weight is 353 g/mol. The van der Waals surface area contributed by atoms with E-state index in [-0.39, 0.29) is 31.2 Å². The number of hydrogen-bond acceptors (Lipinski definition) is 6. The highest BCUT2D eigenvalue weighted by molar-refractivity contribution is 5.84. The van der Waals surface area contributed by atoms with Crippen molar-refractivity contribution < 1.29 is 9.53 Å². The highest BCUT2D eigenvalue weighted by Crippen LogP contribution is 2.27. The first kappa shape index (κ1) is 18.0. The minimum atomic E-state index is -0.187. The maximum absolute atomic E-state index is 11.9. The number of nitrogens with zero attached hydrogens (tertiary/aromatic N) is 3. The molecule has 136 valence electrons. The van der Waals surface area contributed by atoms with E-state index in [1.54, 1.807) is 0 Å². The second kappa shape index (κ2) is 8.02. The number of anilines is 2. The monoisotopic (exact) mass is 353 g/mol. The summed E-state index contributed by atoms with van der Waals surface area (Å²) < 4.78 is 5.81. The lowest BCUT2D eigenvalue weighted by Gasteiger charge is -2.36. The summed E-state index contributed by atoms with van der Waals surface area (Å²) in [5.74, 6) is 3.51. The van der Waals surface area contributed by atoms with Crippen molar-refractivity contribution in [2.75, 3.05) is 36.4 Å². The Morgan fingerprint density at radius 2 is 1.92 bits per heavy atom. The van der Waals surface area contributed by atoms with Crippen LogP contribution >= 0.6 is 0 Å². The summed E-state index contributed by atoms with van der Waals surface area (Å²) in [5.41, 5.74) is 1.59. The van der Waals surface area contributed by atoms with Crippen LogP contribution in [0.4, 0.5) is 11.6 Å². The fourth-order valence-corrected chi connectivity index (χ4v) is 3.06. The fourth-order valence-electron chi connectivity index (χ4n) is 3.06. The molecular formula is C19H23N5O2. The van der Waals surface area contributed by atoms with E-state index in [0.29, 0.717) is 5.82 Å². The Bertz CT molecular complexity index is 822. The third-order valence-electron chi connectivity index (χ3n) is 4.08. The molecule has 2 aromatic rings. The summed E-state index contributed by atoms with van der Waals surface area (Å²) in [6.07, 6.45) is 5.36. The van der Waals surface area contributed by atoms with Gasteiger partial charge in [-0.2, -0.15) is 0 Å². The van der Waals surface area contributed by atoms with E-state index >= 15 is 0 Å². The number of terminal acetylenes is 1. The smallest absolute Gasteiger partial charge is 0.240 e. The van der Waals surface area contributed by atoms with E-state index in [1.807, 2.05) is 38.1 Å². The van der Waals surface area contributed by atoms with Gasteiger partial charge >= 0.3 is 0 Å². The molecule has 1 aromatic carbocycles. The van der Waals surface area contributed by atoms with E-state index in [0.717, 1.165) is 29.9 Å². The Balaban J connectivity index is 1.89. The van der Waals surface area contributed by atoms with E-state index in [1.165, 1.54) is 0 Å². The number of benzene rings is 1. The molecule has 3 rings (SSSR count). The minimum absolute atomic E-state index is 0.0805. The van der Waals surface area contributed by atoms with Crippen molar-refractivity contribution in [3.63, 3.8) is 0 Å². The van der Waals surface area contributed by atoms with Gasteiger partial charge in [-0.05, 0) is 26.0 Å². The summed E-state index contributed by atoms with van der Waals surface area (Å²) in [6.45, 7) is 5.80. The molecule has 2 atom stereocenters. The van der Waals surface area contributed by atoms with Crippen LogP contribution in [0.2, 0.25) is 0 Å². The zero-order chi connectivity index (χ0) is 18.5. The van der Waals surface area contributed by atoms with Gasteiger partial charge in [-0.1, -0.05) is 18.1 Å². The van der Waals surface area contributed by atoms with Gasteiger partial charge in [0.15, 0.2) is 11.6 Å². The number of hydrogen-bond donors (Lipinski definition) is 2. The van der Waals surface area contributed by atoms with Gasteiger partial charge in [0.05, 0.1) is 36.3 Å². The molecule has 2 N–H and O–H groups in total. The molecule has 2 unspecified atom stereocenters. The second-order valence-corrected chi connectivity index (χ2v) is 6.38. The van der Waals surface area contributed by atoms with Crippen LogP contribution in [0, 0.1) is 12.3 Å². The van der Waals surface area contributed by atoms with Crippen molar-refractivity contribution >= 4 is 28.6 Å². The van der Waals surface area contributed by atoms with Crippen molar-refractivity contribution in [2.45, 2.75) is 26.1 Å². The van der Waals surface area contributed by atoms with Crippen LogP contribution in [0.5, 0.6) is 0 Å². The van der Waals surface area contributed by atoms with Gasteiger partial charge < -0.3 is 20.3 Å². The Labute approximate surface area is 153 Å². The molecule has 1 amide bonds. The first-order chi connectivity index (χ1) is 12.6. The number of aromatic nitrogens is 2. The van der Waals surface area contributed by atoms with Gasteiger partial charge in [-0.15, -0.1) is 6.42 Å². The van der Waals surface area contributed by atoms with E-state index in [9.17, 15) is 4.79 Å². The fraction of sp³-hybridized carbons (Fsp3) is 0.421. The Kier molecular flexibility index (Phi) is 5.54. The van der Waals surface area contributed by atoms with Gasteiger partial charge in [-0.3, -0.25) is 4.79 Å². The van der Waals surface area contributed by atoms with Crippen LogP contribution in [-0.2, 0) is 9.53 Å². The summed E-state index contributed by atoms with van der Waals surface area (Å²) >= 11 is 0. The molecule has 1 aliphatic rings. The molecule has 1 fully saturated rings. The summed E-state index contributed by atoms with van der Waals surface area (Å²) in [5, 5.41) is 5.74. The lowest BCUT2D eigenvalue weighted by Crippen LogP contribution is -2.46. The summed E-state index contributed by atoms with van der Waals surface area (Å²) in [4.78, 5) is 23.5. The zero-order valence-electron chi connectivity index (χ0n) is 15.0. The van der Waals surface area contributed by atoms with Crippen molar-refractivity contribution in [2.24, 2.45) is 0 Å². The maximum Gasteiger partial charge on any atom is 0.240 e. The van der Waals surface area contributed by atoms with Crippen LogP contribution in [0.15, 0.2) is 24.3 Å². The lowest BCUT2D eigenvalue weighted by atomic mass is 10.2. The van der Waals surface area contributed by atoms with Crippen molar-refractivity contribution in [1.82, 2.24) is 15.3 Å². The molecule has 0 spiro atoms. The number of para-hydroxylation sites is 2. The van der Waals surface area contributed by atoms with Crippen LogP contribution in [0.1, 0.15) is 13.8 Å². The van der Waals surface area contributed by atoms with Crippen LogP contribution < -0.4 is 15.5 Å². The Morgan fingerprint density at radius 3 is 2.58 bits per heavy atom. The molecule has 1 saturated heterocycles. The molecule has 26 heavy (non-hydrogen) atoms. The minimum Gasteiger partial charge on any atom is -0.372 e. The summed E-state index contributed by atoms with van der Waals surface area (Å²) in [6, 6.07) is 7.69. The topological polar surface area (TPSA) is 79.4 Å². The first-order valence-corrected chi connectivity index (χ1v) is 8.68. The molecule has 0 aliphatic carbocycles. The Hall–Kier alpha value is -2.85. The molecule has 0 radical (unpaired) electrons. The van der Waals surface area contributed by atoms with Gasteiger partial charge in [0.25, 0.3) is 0 Å². The SMILES string of the molecule is C#CCNC(=O)CNc1nc2ccccc2nc1N1CC(C)OC(C)C1. The van der Waals surface area contributed by atoms with Gasteiger partial charge in [0.1, 0.15) is 0 Å². The third kappa shape index (κ3) is 4.21. The number of carbonyl (C=O) groups is 1. The Morgan fingerprint density at radius 1 is 1.27 bits per heavy atom. The van der Waals surface area contributed by atoms with Gasteiger partial charge in [0.2, 0.25) is 5.91 Å². The van der Waals surface area contributed by atoms with Crippen LogP contribution in [0.3, 0.4) is 0 Å². The molecular weight excluding hydrogens is 330 g/mol. The number of amides is 1. The van der Waals surface area contributed by atoms with Crippen molar-refractivity contribution in [3.8, 4) is 12.3 Å². The number of carbonyl (C=O) groups excluding carboxylic acids is 1. The number of nitrogens with one attached hydrogen (secondary N) is 2. The molecule has 7 heteroatoms. The zero-order valence-corrected chi connectivity index (χ0v) is 15.0. The summed E-state index contributed by atoms with van der Waals surface area (Å²) in [7, 11) is 0. The van der Waals surface area contributed by atoms with Crippen LogP contribution in [-0.4, -0.2) is 54.3 Å².